The normalized spacial score (nSPS) is 15.5. The number of sulfonamides is 1. The average molecular weight is 496 g/mol. The number of likely N-dealkylation sites (tertiary alicyclic amines) is 1. The quantitative estimate of drug-likeness (QED) is 0.586. The number of anilines is 1. The van der Waals surface area contributed by atoms with Gasteiger partial charge in [-0.3, -0.25) is 4.98 Å². The van der Waals surface area contributed by atoms with Gasteiger partial charge in [0.15, 0.2) is 11.6 Å². The number of carbonyl (C=O) groups is 1. The van der Waals surface area contributed by atoms with Crippen molar-refractivity contribution in [2.24, 2.45) is 0 Å². The van der Waals surface area contributed by atoms with Crippen LogP contribution < -0.4 is 10.6 Å². The third-order valence-electron chi connectivity index (χ3n) is 5.83. The Kier molecular flexibility index (Phi) is 8.56. The molecule has 0 radical (unpaired) electrons. The van der Waals surface area contributed by atoms with Crippen molar-refractivity contribution in [1.29, 1.82) is 0 Å². The highest BCUT2D eigenvalue weighted by molar-refractivity contribution is 7.89. The summed E-state index contributed by atoms with van der Waals surface area (Å²) in [4.78, 5) is 18.4. The lowest BCUT2D eigenvalue weighted by Gasteiger charge is -2.37. The molecule has 3 rings (SSSR count). The van der Waals surface area contributed by atoms with Gasteiger partial charge in [0.05, 0.1) is 4.90 Å². The molecular weight excluding hydrogens is 464 g/mol. The molecule has 0 spiro atoms. The first-order chi connectivity index (χ1) is 16.1. The van der Waals surface area contributed by atoms with E-state index in [9.17, 15) is 22.0 Å². The second-order valence-electron chi connectivity index (χ2n) is 8.38. The highest BCUT2D eigenvalue weighted by atomic mass is 32.2. The van der Waals surface area contributed by atoms with Gasteiger partial charge in [0.1, 0.15) is 0 Å². The summed E-state index contributed by atoms with van der Waals surface area (Å²) in [5.74, 6) is -2.26. The smallest absolute Gasteiger partial charge is 0.319 e. The maximum Gasteiger partial charge on any atom is 0.319 e. The van der Waals surface area contributed by atoms with Crippen molar-refractivity contribution in [3.8, 4) is 0 Å². The number of halogens is 2. The Morgan fingerprint density at radius 1 is 1.12 bits per heavy atom. The van der Waals surface area contributed by atoms with Crippen molar-refractivity contribution in [1.82, 2.24) is 19.5 Å². The topological polar surface area (TPSA) is 94.6 Å². The minimum absolute atomic E-state index is 0.228. The molecule has 0 atom stereocenters. The number of nitrogens with one attached hydrogen (secondary N) is 2. The van der Waals surface area contributed by atoms with Crippen LogP contribution in [0.1, 0.15) is 31.2 Å². The van der Waals surface area contributed by atoms with Gasteiger partial charge in [-0.15, -0.1) is 0 Å². The van der Waals surface area contributed by atoms with Crippen LogP contribution in [0.15, 0.2) is 35.2 Å². The summed E-state index contributed by atoms with van der Waals surface area (Å²) >= 11 is 0. The monoisotopic (exact) mass is 495 g/mol. The lowest BCUT2D eigenvalue weighted by Crippen LogP contribution is -2.48. The molecule has 2 heterocycles. The van der Waals surface area contributed by atoms with Gasteiger partial charge >= 0.3 is 6.03 Å². The predicted octanol–water partition coefficient (Wildman–Crippen LogP) is 3.27. The summed E-state index contributed by atoms with van der Waals surface area (Å²) in [7, 11) is -3.93. The van der Waals surface area contributed by atoms with E-state index >= 15 is 0 Å². The average Bonchev–Trinajstić information content (AvgIpc) is 2.76. The van der Waals surface area contributed by atoms with Gasteiger partial charge < -0.3 is 15.5 Å². The standard InChI is InChI=1S/C23H31F2N5O3S/c1-4-30(34(32,33)20-5-6-21(24)22(25)15-20)19-7-10-29(11-8-19)12-9-26-23(31)28-18-13-16(2)27-17(3)14-18/h5-6,13-15,19H,4,7-12H2,1-3H3,(H2,26,27,28,31). The van der Waals surface area contributed by atoms with E-state index in [1.807, 2.05) is 13.8 Å². The van der Waals surface area contributed by atoms with Gasteiger partial charge in [0, 0.05) is 42.8 Å². The molecule has 11 heteroatoms. The van der Waals surface area contributed by atoms with E-state index in [1.165, 1.54) is 4.31 Å². The van der Waals surface area contributed by atoms with E-state index in [4.69, 9.17) is 0 Å². The molecule has 186 valence electrons. The first-order valence-electron chi connectivity index (χ1n) is 11.3. The molecule has 1 fully saturated rings. The number of aromatic nitrogens is 1. The summed E-state index contributed by atoms with van der Waals surface area (Å²) in [6.45, 7) is 8.12. The maximum absolute atomic E-state index is 13.6. The van der Waals surface area contributed by atoms with Crippen molar-refractivity contribution in [3.63, 3.8) is 0 Å². The molecule has 1 aromatic heterocycles. The second kappa shape index (κ2) is 11.2. The van der Waals surface area contributed by atoms with Gasteiger partial charge in [0.2, 0.25) is 10.0 Å². The molecular formula is C23H31F2N5O3S. The van der Waals surface area contributed by atoms with E-state index in [2.05, 4.69) is 20.5 Å². The third kappa shape index (κ3) is 6.49. The number of amides is 2. The van der Waals surface area contributed by atoms with E-state index in [1.54, 1.807) is 19.1 Å². The lowest BCUT2D eigenvalue weighted by molar-refractivity contribution is 0.162. The summed E-state index contributed by atoms with van der Waals surface area (Å²) in [6.07, 6.45) is 1.22. The Morgan fingerprint density at radius 3 is 2.35 bits per heavy atom. The van der Waals surface area contributed by atoms with Crippen LogP contribution in [0.2, 0.25) is 0 Å². The summed E-state index contributed by atoms with van der Waals surface area (Å²) in [5, 5.41) is 5.63. The van der Waals surface area contributed by atoms with Crippen molar-refractivity contribution in [2.45, 2.75) is 44.6 Å². The number of rotatable bonds is 8. The Morgan fingerprint density at radius 2 is 1.76 bits per heavy atom. The fraction of sp³-hybridized carbons (Fsp3) is 0.478. The molecule has 0 saturated carbocycles. The molecule has 34 heavy (non-hydrogen) atoms. The minimum atomic E-state index is -3.93. The molecule has 8 nitrogen and oxygen atoms in total. The zero-order valence-corrected chi connectivity index (χ0v) is 20.5. The number of hydrogen-bond donors (Lipinski definition) is 2. The van der Waals surface area contributed by atoms with Crippen LogP contribution in [0.5, 0.6) is 0 Å². The van der Waals surface area contributed by atoms with Gasteiger partial charge in [-0.05, 0) is 70.1 Å². The van der Waals surface area contributed by atoms with E-state index in [-0.39, 0.29) is 23.5 Å². The first-order valence-corrected chi connectivity index (χ1v) is 12.7. The van der Waals surface area contributed by atoms with E-state index in [0.717, 1.165) is 29.6 Å². The molecule has 2 amide bonds. The highest BCUT2D eigenvalue weighted by Gasteiger charge is 2.33. The van der Waals surface area contributed by atoms with Crippen LogP contribution in [0.25, 0.3) is 0 Å². The van der Waals surface area contributed by atoms with Crippen LogP contribution in [-0.4, -0.2) is 67.4 Å². The lowest BCUT2D eigenvalue weighted by atomic mass is 10.1. The summed E-state index contributed by atoms with van der Waals surface area (Å²) in [6, 6.07) is 5.73. The fourth-order valence-corrected chi connectivity index (χ4v) is 5.94. The molecule has 2 N–H and O–H groups in total. The SMILES string of the molecule is CCN(C1CCN(CCNC(=O)Nc2cc(C)nc(C)c2)CC1)S(=O)(=O)c1ccc(F)c(F)c1. The zero-order valence-electron chi connectivity index (χ0n) is 19.6. The number of nitrogens with zero attached hydrogens (tertiary/aromatic N) is 3. The van der Waals surface area contributed by atoms with Crippen molar-refractivity contribution in [3.05, 3.63) is 53.4 Å². The van der Waals surface area contributed by atoms with Crippen LogP contribution >= 0.6 is 0 Å². The molecule has 0 bridgehead atoms. The first kappa shape index (κ1) is 26.0. The van der Waals surface area contributed by atoms with Crippen LogP contribution in [0.3, 0.4) is 0 Å². The number of pyridine rings is 1. The number of urea groups is 1. The predicted molar refractivity (Wildman–Crippen MR) is 126 cm³/mol. The zero-order chi connectivity index (χ0) is 24.9. The molecule has 1 aliphatic rings. The van der Waals surface area contributed by atoms with Crippen molar-refractivity contribution in [2.75, 3.05) is 38.0 Å². The van der Waals surface area contributed by atoms with Crippen LogP contribution in [0.4, 0.5) is 19.3 Å². The summed E-state index contributed by atoms with van der Waals surface area (Å²) in [5.41, 5.74) is 2.34. The number of benzene rings is 1. The van der Waals surface area contributed by atoms with Gasteiger partial charge in [-0.25, -0.2) is 22.0 Å². The Hall–Kier alpha value is -2.63. The highest BCUT2D eigenvalue weighted by Crippen LogP contribution is 2.25. The minimum Gasteiger partial charge on any atom is -0.337 e. The largest absolute Gasteiger partial charge is 0.337 e. The maximum atomic E-state index is 13.6. The Labute approximate surface area is 199 Å². The molecule has 0 aliphatic carbocycles. The van der Waals surface area contributed by atoms with Gasteiger partial charge in [0.25, 0.3) is 0 Å². The molecule has 1 aromatic carbocycles. The molecule has 2 aromatic rings. The van der Waals surface area contributed by atoms with Crippen molar-refractivity contribution < 1.29 is 22.0 Å². The molecule has 1 saturated heterocycles. The second-order valence-corrected chi connectivity index (χ2v) is 10.3. The number of piperidine rings is 1. The third-order valence-corrected chi connectivity index (χ3v) is 7.85. The molecule has 0 unspecified atom stereocenters. The van der Waals surface area contributed by atoms with Crippen molar-refractivity contribution >= 4 is 21.7 Å². The van der Waals surface area contributed by atoms with Gasteiger partial charge in [-0.1, -0.05) is 6.92 Å². The Bertz CT molecular complexity index is 1100. The number of hydrogen-bond acceptors (Lipinski definition) is 5. The molecule has 1 aliphatic heterocycles. The Balaban J connectivity index is 1.48. The number of aryl methyl sites for hydroxylation is 2. The van der Waals surface area contributed by atoms with E-state index in [0.29, 0.717) is 44.7 Å². The number of carbonyl (C=O) groups excluding carboxylic acids is 1. The van der Waals surface area contributed by atoms with Crippen LogP contribution in [0, 0.1) is 25.5 Å². The fourth-order valence-electron chi connectivity index (χ4n) is 4.24. The van der Waals surface area contributed by atoms with E-state index < -0.39 is 21.7 Å². The summed E-state index contributed by atoms with van der Waals surface area (Å²) < 4.78 is 54.2. The van der Waals surface area contributed by atoms with Crippen LogP contribution in [-0.2, 0) is 10.0 Å². The van der Waals surface area contributed by atoms with Gasteiger partial charge in [-0.2, -0.15) is 4.31 Å².